The van der Waals surface area contributed by atoms with Gasteiger partial charge in [0.15, 0.2) is 12.2 Å². The number of aliphatic hydroxyl groups excluding tert-OH is 1. The van der Waals surface area contributed by atoms with E-state index in [1.54, 1.807) is 0 Å². The van der Waals surface area contributed by atoms with Crippen LogP contribution in [-0.2, 0) is 28.6 Å². The van der Waals surface area contributed by atoms with Gasteiger partial charge in [0.05, 0.1) is 6.61 Å². The molecule has 0 bridgehead atoms. The number of hydrogen-bond donors (Lipinski definition) is 1. The van der Waals surface area contributed by atoms with E-state index in [1.807, 2.05) is 0 Å². The van der Waals surface area contributed by atoms with E-state index < -0.39 is 30.8 Å². The molecule has 0 unspecified atom stereocenters. The van der Waals surface area contributed by atoms with E-state index in [0.29, 0.717) is 6.42 Å². The predicted molar refractivity (Wildman–Crippen MR) is 249 cm³/mol. The molecule has 0 radical (unpaired) electrons. The second-order valence-corrected chi connectivity index (χ2v) is 17.9. The summed E-state index contributed by atoms with van der Waals surface area (Å²) in [6.45, 7) is 6.05. The normalized spacial score (nSPS) is 12.4. The minimum Gasteiger partial charge on any atom is -0.462 e. The molecule has 0 fully saturated rings. The molecule has 0 heterocycles. The highest BCUT2D eigenvalue weighted by Crippen LogP contribution is 2.18. The van der Waals surface area contributed by atoms with Crippen LogP contribution in [0.4, 0.5) is 0 Å². The fraction of sp³-hybridized carbons (Fsp3) is 0.942. The Labute approximate surface area is 366 Å². The number of ether oxygens (including phenoxy) is 3. The summed E-state index contributed by atoms with van der Waals surface area (Å²) in [5, 5.41) is 10.2. The highest BCUT2D eigenvalue weighted by Gasteiger charge is 2.30. The maximum atomic E-state index is 12.9. The van der Waals surface area contributed by atoms with Gasteiger partial charge in [-0.3, -0.25) is 14.4 Å². The SMILES string of the molecule is CCCCCCCCCCCCCCCC(=O)OC[C@H](OC(=O)CCCCCCCCCCCCCCC)[C@@H](CO)OC(=O)CCCCCCCCCCCCCCC. The van der Waals surface area contributed by atoms with Crippen molar-refractivity contribution in [2.24, 2.45) is 0 Å². The van der Waals surface area contributed by atoms with Gasteiger partial charge in [0.1, 0.15) is 6.61 Å². The highest BCUT2D eigenvalue weighted by atomic mass is 16.6. The first-order valence-electron chi connectivity index (χ1n) is 26.1. The largest absolute Gasteiger partial charge is 0.462 e. The molecule has 0 rings (SSSR count). The summed E-state index contributed by atoms with van der Waals surface area (Å²) >= 11 is 0. The van der Waals surface area contributed by atoms with Gasteiger partial charge in [-0.1, -0.05) is 252 Å². The maximum absolute atomic E-state index is 12.9. The van der Waals surface area contributed by atoms with Crippen LogP contribution >= 0.6 is 0 Å². The van der Waals surface area contributed by atoms with Gasteiger partial charge in [-0.2, -0.15) is 0 Å². The lowest BCUT2D eigenvalue weighted by Crippen LogP contribution is -2.41. The van der Waals surface area contributed by atoms with Gasteiger partial charge in [-0.15, -0.1) is 0 Å². The van der Waals surface area contributed by atoms with E-state index in [0.717, 1.165) is 57.8 Å². The first-order valence-corrected chi connectivity index (χ1v) is 26.1. The molecule has 0 aliphatic heterocycles. The summed E-state index contributed by atoms with van der Waals surface area (Å²) in [5.41, 5.74) is 0. The molecule has 0 amide bonds. The van der Waals surface area contributed by atoms with E-state index in [-0.39, 0.29) is 25.4 Å². The maximum Gasteiger partial charge on any atom is 0.306 e. The Balaban J connectivity index is 4.56. The summed E-state index contributed by atoms with van der Waals surface area (Å²) in [5.74, 6) is -1.17. The van der Waals surface area contributed by atoms with Gasteiger partial charge >= 0.3 is 17.9 Å². The Morgan fingerprint density at radius 3 is 0.797 bits per heavy atom. The van der Waals surface area contributed by atoms with Gasteiger partial charge in [-0.05, 0) is 19.3 Å². The van der Waals surface area contributed by atoms with E-state index in [1.165, 1.54) is 193 Å². The van der Waals surface area contributed by atoms with Crippen LogP contribution in [0.2, 0.25) is 0 Å². The van der Waals surface area contributed by atoms with E-state index in [2.05, 4.69) is 20.8 Å². The summed E-state index contributed by atoms with van der Waals surface area (Å²) in [6, 6.07) is 0. The third-order valence-corrected chi connectivity index (χ3v) is 12.0. The van der Waals surface area contributed by atoms with Crippen LogP contribution in [0.15, 0.2) is 0 Å². The molecular formula is C52H100O7. The third-order valence-electron chi connectivity index (χ3n) is 12.0. The summed E-state index contributed by atoms with van der Waals surface area (Å²) in [4.78, 5) is 38.5. The monoisotopic (exact) mass is 837 g/mol. The van der Waals surface area contributed by atoms with Crippen molar-refractivity contribution in [1.82, 2.24) is 0 Å². The van der Waals surface area contributed by atoms with Gasteiger partial charge in [0, 0.05) is 19.3 Å². The number of esters is 3. The Bertz CT molecular complexity index is 892. The second kappa shape index (κ2) is 47.4. The summed E-state index contributed by atoms with van der Waals surface area (Å²) in [7, 11) is 0. The fourth-order valence-corrected chi connectivity index (χ4v) is 8.01. The molecule has 0 aliphatic carbocycles. The Morgan fingerprint density at radius 1 is 0.322 bits per heavy atom. The zero-order valence-electron chi connectivity index (χ0n) is 39.7. The molecule has 0 saturated heterocycles. The Morgan fingerprint density at radius 2 is 0.542 bits per heavy atom. The van der Waals surface area contributed by atoms with Crippen molar-refractivity contribution in [2.45, 2.75) is 303 Å². The topological polar surface area (TPSA) is 99.1 Å². The average molecular weight is 837 g/mol. The predicted octanol–water partition coefficient (Wildman–Crippen LogP) is 15.8. The lowest BCUT2D eigenvalue weighted by molar-refractivity contribution is -0.179. The van der Waals surface area contributed by atoms with Gasteiger partial charge < -0.3 is 19.3 Å². The van der Waals surface area contributed by atoms with Crippen molar-refractivity contribution in [3.05, 3.63) is 0 Å². The zero-order chi connectivity index (χ0) is 43.1. The molecule has 0 aromatic carbocycles. The molecule has 2 atom stereocenters. The van der Waals surface area contributed by atoms with E-state index >= 15 is 0 Å². The molecule has 7 nitrogen and oxygen atoms in total. The Hall–Kier alpha value is -1.63. The summed E-state index contributed by atoms with van der Waals surface area (Å²) in [6.07, 6.45) is 46.6. The smallest absolute Gasteiger partial charge is 0.306 e. The first-order chi connectivity index (χ1) is 29.0. The second-order valence-electron chi connectivity index (χ2n) is 17.9. The lowest BCUT2D eigenvalue weighted by Gasteiger charge is -2.25. The highest BCUT2D eigenvalue weighted by molar-refractivity contribution is 5.71. The van der Waals surface area contributed by atoms with Crippen LogP contribution in [0.25, 0.3) is 0 Å². The van der Waals surface area contributed by atoms with Crippen molar-refractivity contribution in [1.29, 1.82) is 0 Å². The first kappa shape index (κ1) is 57.4. The average Bonchev–Trinajstić information content (AvgIpc) is 3.23. The van der Waals surface area contributed by atoms with Gasteiger partial charge in [0.2, 0.25) is 0 Å². The molecule has 0 spiro atoms. The molecular weight excluding hydrogens is 737 g/mol. The van der Waals surface area contributed by atoms with Crippen molar-refractivity contribution < 1.29 is 33.7 Å². The molecule has 0 aliphatic rings. The number of carbonyl (C=O) groups excluding carboxylic acids is 3. The minimum absolute atomic E-state index is 0.223. The number of aliphatic hydroxyl groups is 1. The molecule has 59 heavy (non-hydrogen) atoms. The van der Waals surface area contributed by atoms with Crippen LogP contribution in [0, 0.1) is 0 Å². The molecule has 0 aromatic heterocycles. The van der Waals surface area contributed by atoms with E-state index in [4.69, 9.17) is 14.2 Å². The van der Waals surface area contributed by atoms with Crippen LogP contribution in [0.1, 0.15) is 290 Å². The molecule has 0 saturated carbocycles. The number of carbonyl (C=O) groups is 3. The standard InChI is InChI=1S/C52H100O7/c1-4-7-10-13-16-19-22-25-28-31-34-37-40-43-50(54)57-47-49(59-52(56)45-42-39-36-33-30-27-24-21-18-15-12-9-6-3)48(46-53)58-51(55)44-41-38-35-32-29-26-23-20-17-14-11-8-5-2/h48-49,53H,4-47H2,1-3H3/t48-,49+/m1/s1. The van der Waals surface area contributed by atoms with Crippen LogP contribution in [-0.4, -0.2) is 48.4 Å². The quantitative estimate of drug-likeness (QED) is 0.0370. The number of rotatable bonds is 48. The number of hydrogen-bond acceptors (Lipinski definition) is 7. The third kappa shape index (κ3) is 42.8. The van der Waals surface area contributed by atoms with Crippen molar-refractivity contribution in [3.63, 3.8) is 0 Å². The zero-order valence-corrected chi connectivity index (χ0v) is 39.7. The molecule has 350 valence electrons. The van der Waals surface area contributed by atoms with Crippen LogP contribution in [0.5, 0.6) is 0 Å². The van der Waals surface area contributed by atoms with Crippen LogP contribution in [0.3, 0.4) is 0 Å². The minimum atomic E-state index is -1.07. The molecule has 1 N–H and O–H groups in total. The molecule has 7 heteroatoms. The van der Waals surface area contributed by atoms with Crippen LogP contribution < -0.4 is 0 Å². The van der Waals surface area contributed by atoms with Crippen molar-refractivity contribution >= 4 is 17.9 Å². The Kier molecular flexibility index (Phi) is 46.1. The van der Waals surface area contributed by atoms with Crippen molar-refractivity contribution in [2.75, 3.05) is 13.2 Å². The summed E-state index contributed by atoms with van der Waals surface area (Å²) < 4.78 is 17.0. The van der Waals surface area contributed by atoms with Gasteiger partial charge in [-0.25, -0.2) is 0 Å². The lowest BCUT2D eigenvalue weighted by atomic mass is 10.0. The fourth-order valence-electron chi connectivity index (χ4n) is 8.01. The number of unbranched alkanes of at least 4 members (excludes halogenated alkanes) is 36. The van der Waals surface area contributed by atoms with E-state index in [9.17, 15) is 19.5 Å². The van der Waals surface area contributed by atoms with Crippen molar-refractivity contribution in [3.8, 4) is 0 Å². The molecule has 0 aromatic rings. The van der Waals surface area contributed by atoms with Gasteiger partial charge in [0.25, 0.3) is 0 Å².